The van der Waals surface area contributed by atoms with Crippen LogP contribution in [0.3, 0.4) is 0 Å². The van der Waals surface area contributed by atoms with Crippen LogP contribution in [0.5, 0.6) is 0 Å². The first-order valence-corrected chi connectivity index (χ1v) is 8.74. The Hall–Kier alpha value is -2.57. The van der Waals surface area contributed by atoms with E-state index in [9.17, 15) is 13.6 Å². The average molecular weight is 378 g/mol. The van der Waals surface area contributed by atoms with Gasteiger partial charge in [-0.25, -0.2) is 4.79 Å². The Morgan fingerprint density at radius 2 is 1.85 bits per heavy atom. The quantitative estimate of drug-likeness (QED) is 0.520. The number of hydrogen-bond acceptors (Lipinski definition) is 5. The van der Waals surface area contributed by atoms with Crippen LogP contribution < -0.4 is 0 Å². The molecule has 7 heteroatoms. The molecule has 146 valence electrons. The summed E-state index contributed by atoms with van der Waals surface area (Å²) in [6.45, 7) is 10.8. The highest BCUT2D eigenvalue weighted by Crippen LogP contribution is 2.34. The molecule has 0 bridgehead atoms. The molecule has 0 spiro atoms. The molecule has 2 rings (SSSR count). The third kappa shape index (κ3) is 5.45. The first kappa shape index (κ1) is 20.7. The topological polar surface area (TPSA) is 65.2 Å². The standard InChI is InChI=1S/C20H24F2N2O3/c1-6-7-14-8-10-15(11-9-14)20(21,22)18-23-16(27-24-18)12-13(2)17(25)26-19(3,4)5/h8-11H,2,6-7,12H2,1,3-5H3. The van der Waals surface area contributed by atoms with Gasteiger partial charge in [-0.1, -0.05) is 49.3 Å². The summed E-state index contributed by atoms with van der Waals surface area (Å²) < 4.78 is 39.3. The summed E-state index contributed by atoms with van der Waals surface area (Å²) in [5, 5.41) is 3.38. The van der Waals surface area contributed by atoms with Crippen molar-refractivity contribution >= 4 is 5.97 Å². The highest BCUT2D eigenvalue weighted by Gasteiger charge is 2.39. The molecule has 1 heterocycles. The van der Waals surface area contributed by atoms with Gasteiger partial charge in [0.2, 0.25) is 11.7 Å². The predicted molar refractivity (Wildman–Crippen MR) is 96.4 cm³/mol. The second-order valence-corrected chi connectivity index (χ2v) is 7.32. The van der Waals surface area contributed by atoms with Crippen molar-refractivity contribution in [3.05, 3.63) is 59.3 Å². The van der Waals surface area contributed by atoms with E-state index in [1.807, 2.05) is 6.92 Å². The number of alkyl halides is 2. The summed E-state index contributed by atoms with van der Waals surface area (Å²) >= 11 is 0. The minimum absolute atomic E-state index is 0.0485. The third-order valence-corrected chi connectivity index (χ3v) is 3.66. The van der Waals surface area contributed by atoms with Crippen molar-refractivity contribution in [2.75, 3.05) is 0 Å². The fraction of sp³-hybridized carbons (Fsp3) is 0.450. The van der Waals surface area contributed by atoms with E-state index in [4.69, 9.17) is 9.26 Å². The Kier molecular flexibility index (Phi) is 6.13. The van der Waals surface area contributed by atoms with Crippen LogP contribution in [0.25, 0.3) is 0 Å². The van der Waals surface area contributed by atoms with Crippen molar-refractivity contribution in [2.45, 2.75) is 58.5 Å². The van der Waals surface area contributed by atoms with Gasteiger partial charge in [0, 0.05) is 11.1 Å². The summed E-state index contributed by atoms with van der Waals surface area (Å²) in [4.78, 5) is 15.7. The molecule has 0 amide bonds. The van der Waals surface area contributed by atoms with Crippen LogP contribution in [0.2, 0.25) is 0 Å². The molecule has 5 nitrogen and oxygen atoms in total. The summed E-state index contributed by atoms with van der Waals surface area (Å²) in [6.07, 6.45) is 1.60. The number of esters is 1. The first-order chi connectivity index (χ1) is 12.5. The van der Waals surface area contributed by atoms with E-state index in [2.05, 4.69) is 16.7 Å². The molecule has 0 aliphatic carbocycles. The molecule has 0 aliphatic rings. The van der Waals surface area contributed by atoms with E-state index in [0.717, 1.165) is 18.4 Å². The molecular weight excluding hydrogens is 354 g/mol. The Balaban J connectivity index is 2.11. The SMILES string of the molecule is C=C(Cc1nc(C(F)(F)c2ccc(CCC)cc2)no1)C(=O)OC(C)(C)C. The van der Waals surface area contributed by atoms with Crippen molar-refractivity contribution in [3.63, 3.8) is 0 Å². The van der Waals surface area contributed by atoms with E-state index in [1.54, 1.807) is 32.9 Å². The van der Waals surface area contributed by atoms with Crippen LogP contribution in [-0.4, -0.2) is 21.7 Å². The molecule has 0 aliphatic heterocycles. The number of nitrogens with zero attached hydrogens (tertiary/aromatic N) is 2. The van der Waals surface area contributed by atoms with Gasteiger partial charge in [0.1, 0.15) is 5.60 Å². The van der Waals surface area contributed by atoms with E-state index in [0.29, 0.717) is 0 Å². The molecule has 0 N–H and O–H groups in total. The molecule has 1 aromatic carbocycles. The number of benzene rings is 1. The zero-order valence-electron chi connectivity index (χ0n) is 16.0. The van der Waals surface area contributed by atoms with E-state index in [1.165, 1.54) is 12.1 Å². The monoisotopic (exact) mass is 378 g/mol. The van der Waals surface area contributed by atoms with Gasteiger partial charge in [-0.2, -0.15) is 13.8 Å². The number of hydrogen-bond donors (Lipinski definition) is 0. The minimum atomic E-state index is -3.40. The average Bonchev–Trinajstić information content (AvgIpc) is 3.03. The summed E-state index contributed by atoms with van der Waals surface area (Å²) in [7, 11) is 0. The number of carbonyl (C=O) groups is 1. The second kappa shape index (κ2) is 7.98. The molecule has 27 heavy (non-hydrogen) atoms. The predicted octanol–water partition coefficient (Wildman–Crippen LogP) is 4.60. The molecule has 0 saturated heterocycles. The smallest absolute Gasteiger partial charge is 0.335 e. The lowest BCUT2D eigenvalue weighted by Gasteiger charge is -2.19. The van der Waals surface area contributed by atoms with Crippen molar-refractivity contribution in [1.29, 1.82) is 0 Å². The third-order valence-electron chi connectivity index (χ3n) is 3.66. The van der Waals surface area contributed by atoms with Crippen LogP contribution >= 0.6 is 0 Å². The van der Waals surface area contributed by atoms with E-state index in [-0.39, 0.29) is 23.4 Å². The molecule has 0 atom stereocenters. The van der Waals surface area contributed by atoms with Crippen LogP contribution in [-0.2, 0) is 28.3 Å². The lowest BCUT2D eigenvalue weighted by Crippen LogP contribution is -2.25. The number of rotatable bonds is 7. The van der Waals surface area contributed by atoms with Gasteiger partial charge in [-0.3, -0.25) is 0 Å². The number of aromatic nitrogens is 2. The number of halogens is 2. The molecule has 0 unspecified atom stereocenters. The van der Waals surface area contributed by atoms with Gasteiger partial charge >= 0.3 is 11.9 Å². The van der Waals surface area contributed by atoms with Crippen molar-refractivity contribution in [2.24, 2.45) is 0 Å². The van der Waals surface area contributed by atoms with Gasteiger partial charge in [-0.15, -0.1) is 0 Å². The molecule has 2 aromatic rings. The molecule has 0 radical (unpaired) electrons. The van der Waals surface area contributed by atoms with Crippen molar-refractivity contribution < 1.29 is 22.8 Å². The zero-order chi connectivity index (χ0) is 20.2. The maximum absolute atomic E-state index is 14.6. The minimum Gasteiger partial charge on any atom is -0.457 e. The number of carbonyl (C=O) groups excluding carboxylic acids is 1. The number of aryl methyl sites for hydroxylation is 1. The van der Waals surface area contributed by atoms with E-state index < -0.39 is 23.3 Å². The number of ether oxygens (including phenoxy) is 1. The Morgan fingerprint density at radius 3 is 2.41 bits per heavy atom. The molecule has 1 aromatic heterocycles. The van der Waals surface area contributed by atoms with E-state index >= 15 is 0 Å². The first-order valence-electron chi connectivity index (χ1n) is 8.74. The van der Waals surface area contributed by atoms with Gasteiger partial charge in [0.05, 0.1) is 6.42 Å². The van der Waals surface area contributed by atoms with Gasteiger partial charge in [-0.05, 0) is 32.8 Å². The zero-order valence-corrected chi connectivity index (χ0v) is 16.0. The second-order valence-electron chi connectivity index (χ2n) is 7.32. The maximum Gasteiger partial charge on any atom is 0.335 e. The van der Waals surface area contributed by atoms with Crippen LogP contribution in [0, 0.1) is 0 Å². The normalized spacial score (nSPS) is 12.1. The van der Waals surface area contributed by atoms with Crippen LogP contribution in [0.4, 0.5) is 8.78 Å². The Bertz CT molecular complexity index is 805. The highest BCUT2D eigenvalue weighted by atomic mass is 19.3. The summed E-state index contributed by atoms with van der Waals surface area (Å²) in [5.74, 6) is -4.92. The van der Waals surface area contributed by atoms with Gasteiger partial charge < -0.3 is 9.26 Å². The Morgan fingerprint density at radius 1 is 1.22 bits per heavy atom. The van der Waals surface area contributed by atoms with Crippen molar-refractivity contribution in [3.8, 4) is 0 Å². The van der Waals surface area contributed by atoms with Crippen LogP contribution in [0.1, 0.15) is 57.0 Å². The lowest BCUT2D eigenvalue weighted by molar-refractivity contribution is -0.150. The fourth-order valence-electron chi connectivity index (χ4n) is 2.36. The molecule has 0 fully saturated rings. The summed E-state index contributed by atoms with van der Waals surface area (Å²) in [6, 6.07) is 6.05. The lowest BCUT2D eigenvalue weighted by atomic mass is 10.0. The van der Waals surface area contributed by atoms with Gasteiger partial charge in [0.25, 0.3) is 0 Å². The fourth-order valence-corrected chi connectivity index (χ4v) is 2.36. The molecule has 0 saturated carbocycles. The Labute approximate surface area is 157 Å². The highest BCUT2D eigenvalue weighted by molar-refractivity contribution is 5.88. The van der Waals surface area contributed by atoms with Gasteiger partial charge in [0.15, 0.2) is 0 Å². The van der Waals surface area contributed by atoms with Crippen LogP contribution in [0.15, 0.2) is 40.9 Å². The van der Waals surface area contributed by atoms with Crippen molar-refractivity contribution in [1.82, 2.24) is 10.1 Å². The summed E-state index contributed by atoms with van der Waals surface area (Å²) in [5.41, 5.74) is 0.129. The largest absolute Gasteiger partial charge is 0.457 e. The maximum atomic E-state index is 14.6. The molecular formula is C20H24F2N2O3.